The quantitative estimate of drug-likeness (QED) is 0.509. The minimum absolute atomic E-state index is 0.0203. The summed E-state index contributed by atoms with van der Waals surface area (Å²) in [6.07, 6.45) is 4.78. The molecule has 9 heteroatoms. The van der Waals surface area contributed by atoms with Gasteiger partial charge in [0.05, 0.1) is 11.7 Å². The van der Waals surface area contributed by atoms with E-state index in [1.54, 1.807) is 33.6 Å². The molecule has 5 aliphatic rings. The van der Waals surface area contributed by atoms with Crippen LogP contribution in [0, 0.1) is 11.7 Å². The van der Waals surface area contributed by atoms with Gasteiger partial charge < -0.3 is 14.7 Å². The number of pyridine rings is 1. The maximum Gasteiger partial charge on any atom is 0.278 e. The fourth-order valence-electron chi connectivity index (χ4n) is 7.65. The highest BCUT2D eigenvalue weighted by Crippen LogP contribution is 2.57. The summed E-state index contributed by atoms with van der Waals surface area (Å²) in [5.41, 5.74) is 1.39. The van der Waals surface area contributed by atoms with E-state index in [1.165, 1.54) is 12.1 Å². The molecule has 1 spiro atoms. The molecule has 6 heterocycles. The van der Waals surface area contributed by atoms with Gasteiger partial charge in [0, 0.05) is 40.9 Å². The number of hydrogen-bond donors (Lipinski definition) is 1. The standard InChI is InChI=1S/C29H26FN3O4S/c30-20-6-3-4-16-15-38-22-7-2-1-5-18(22)24(23(16)20)33-27-19-14-17-8-10-29(19,37-17)11-13-31(27)28(36)25-26(35)21(34)9-12-32(25)33/h1-7,9,12,17,19,24,27,35H,8,10-11,13-15H2/t17-,19+,24?,27+,29-/m0/s1. The molecule has 3 fully saturated rings. The van der Waals surface area contributed by atoms with Crippen molar-refractivity contribution >= 4 is 17.7 Å². The lowest BCUT2D eigenvalue weighted by Gasteiger charge is -2.57. The molecule has 1 N–H and O–H groups in total. The molecule has 5 atom stereocenters. The van der Waals surface area contributed by atoms with Crippen LogP contribution in [-0.2, 0) is 10.5 Å². The second-order valence-corrected chi connectivity index (χ2v) is 12.0. The van der Waals surface area contributed by atoms with E-state index in [0.717, 1.165) is 35.3 Å². The average Bonchev–Trinajstić information content (AvgIpc) is 3.45. The molecular weight excluding hydrogens is 505 g/mol. The van der Waals surface area contributed by atoms with E-state index in [9.17, 15) is 14.7 Å². The number of nitrogens with zero attached hydrogens (tertiary/aromatic N) is 3. The zero-order valence-electron chi connectivity index (χ0n) is 20.5. The van der Waals surface area contributed by atoms with E-state index in [-0.39, 0.29) is 35.0 Å². The topological polar surface area (TPSA) is 75.0 Å². The number of hydrogen-bond acceptors (Lipinski definition) is 6. The van der Waals surface area contributed by atoms with Gasteiger partial charge in [-0.2, -0.15) is 0 Å². The molecule has 5 aliphatic heterocycles. The Morgan fingerprint density at radius 2 is 1.95 bits per heavy atom. The summed E-state index contributed by atoms with van der Waals surface area (Å²) in [5, 5.41) is 13.0. The Balaban J connectivity index is 1.44. The molecule has 0 saturated carbocycles. The summed E-state index contributed by atoms with van der Waals surface area (Å²) in [6.45, 7) is 0.443. The Bertz CT molecular complexity index is 1580. The van der Waals surface area contributed by atoms with Gasteiger partial charge in [-0.05, 0) is 48.9 Å². The molecule has 0 aliphatic carbocycles. The van der Waals surface area contributed by atoms with Crippen molar-refractivity contribution in [2.45, 2.75) is 60.2 Å². The van der Waals surface area contributed by atoms with Gasteiger partial charge in [0.1, 0.15) is 18.0 Å². The fraction of sp³-hybridized carbons (Fsp3) is 0.379. The van der Waals surface area contributed by atoms with Crippen molar-refractivity contribution in [1.29, 1.82) is 0 Å². The predicted octanol–water partition coefficient (Wildman–Crippen LogP) is 4.15. The van der Waals surface area contributed by atoms with Crippen molar-refractivity contribution in [2.75, 3.05) is 11.6 Å². The van der Waals surface area contributed by atoms with Gasteiger partial charge in [-0.3, -0.25) is 19.3 Å². The molecule has 3 saturated heterocycles. The summed E-state index contributed by atoms with van der Waals surface area (Å²) in [7, 11) is 0. The van der Waals surface area contributed by atoms with Crippen LogP contribution in [0.3, 0.4) is 0 Å². The third kappa shape index (κ3) is 2.89. The molecule has 2 aromatic carbocycles. The van der Waals surface area contributed by atoms with Crippen LogP contribution in [0.1, 0.15) is 58.9 Å². The minimum atomic E-state index is -0.608. The Labute approximate surface area is 222 Å². The number of aromatic nitrogens is 1. The van der Waals surface area contributed by atoms with E-state index in [2.05, 4.69) is 11.1 Å². The first-order valence-corrected chi connectivity index (χ1v) is 14.2. The first kappa shape index (κ1) is 22.7. The summed E-state index contributed by atoms with van der Waals surface area (Å²) in [5.74, 6) is -0.621. The number of carbonyl (C=O) groups is 1. The van der Waals surface area contributed by atoms with Crippen molar-refractivity contribution in [3.63, 3.8) is 0 Å². The SMILES string of the molecule is O=C1c2c(O)c(=O)ccn2N(C2c3ccccc3SCc3cccc(F)c32)[C@@H]2[C@H]3C[C@@H]4CC[C@@]3(CCN12)O4. The molecule has 1 amide bonds. The second kappa shape index (κ2) is 7.86. The largest absolute Gasteiger partial charge is 0.502 e. The summed E-state index contributed by atoms with van der Waals surface area (Å²) in [6, 6.07) is 13.9. The van der Waals surface area contributed by atoms with Crippen molar-refractivity contribution in [2.24, 2.45) is 5.92 Å². The third-order valence-corrected chi connectivity index (χ3v) is 10.4. The molecular formula is C29H26FN3O4S. The van der Waals surface area contributed by atoms with Crippen LogP contribution in [0.2, 0.25) is 0 Å². The highest BCUT2D eigenvalue weighted by atomic mass is 32.2. The maximum absolute atomic E-state index is 15.9. The van der Waals surface area contributed by atoms with E-state index in [0.29, 0.717) is 24.3 Å². The minimum Gasteiger partial charge on any atom is -0.502 e. The van der Waals surface area contributed by atoms with Gasteiger partial charge in [-0.25, -0.2) is 4.39 Å². The van der Waals surface area contributed by atoms with Crippen LogP contribution in [0.4, 0.5) is 4.39 Å². The smallest absolute Gasteiger partial charge is 0.278 e. The molecule has 194 valence electrons. The average molecular weight is 532 g/mol. The second-order valence-electron chi connectivity index (χ2n) is 11.0. The lowest BCUT2D eigenvalue weighted by molar-refractivity contribution is -0.0757. The van der Waals surface area contributed by atoms with Crippen molar-refractivity contribution in [3.05, 3.63) is 93.2 Å². The number of fused-ring (bicyclic) bond motifs is 6. The number of benzene rings is 2. The Morgan fingerprint density at radius 1 is 1.08 bits per heavy atom. The lowest BCUT2D eigenvalue weighted by Crippen LogP contribution is -2.70. The van der Waals surface area contributed by atoms with Crippen LogP contribution >= 0.6 is 11.8 Å². The molecule has 1 unspecified atom stereocenters. The summed E-state index contributed by atoms with van der Waals surface area (Å²) >= 11 is 1.67. The number of aromatic hydroxyl groups is 1. The number of piperidine rings is 1. The van der Waals surface area contributed by atoms with Crippen molar-refractivity contribution in [1.82, 2.24) is 9.58 Å². The zero-order valence-corrected chi connectivity index (χ0v) is 21.4. The predicted molar refractivity (Wildman–Crippen MR) is 139 cm³/mol. The van der Waals surface area contributed by atoms with Gasteiger partial charge in [-0.15, -0.1) is 11.8 Å². The van der Waals surface area contributed by atoms with Crippen molar-refractivity contribution < 1.29 is 19.0 Å². The highest BCUT2D eigenvalue weighted by molar-refractivity contribution is 7.98. The van der Waals surface area contributed by atoms with E-state index in [4.69, 9.17) is 4.74 Å². The monoisotopic (exact) mass is 531 g/mol. The Morgan fingerprint density at radius 3 is 2.82 bits per heavy atom. The molecule has 8 rings (SSSR count). The Kier molecular flexibility index (Phi) is 4.69. The van der Waals surface area contributed by atoms with Crippen LogP contribution in [0.15, 0.2) is 64.4 Å². The first-order valence-electron chi connectivity index (χ1n) is 13.2. The van der Waals surface area contributed by atoms with Crippen LogP contribution in [0.25, 0.3) is 0 Å². The van der Waals surface area contributed by atoms with Gasteiger partial charge in [-0.1, -0.05) is 30.3 Å². The zero-order chi connectivity index (χ0) is 25.8. The van der Waals surface area contributed by atoms with Crippen LogP contribution in [-0.4, -0.2) is 45.0 Å². The van der Waals surface area contributed by atoms with E-state index >= 15 is 4.39 Å². The molecule has 1 aromatic heterocycles. The summed E-state index contributed by atoms with van der Waals surface area (Å²) in [4.78, 5) is 29.3. The lowest BCUT2D eigenvalue weighted by atomic mass is 9.71. The number of carbonyl (C=O) groups excluding carboxylic acids is 1. The fourth-order valence-corrected chi connectivity index (χ4v) is 8.73. The van der Waals surface area contributed by atoms with E-state index in [1.807, 2.05) is 24.3 Å². The van der Waals surface area contributed by atoms with Gasteiger partial charge in [0.15, 0.2) is 11.4 Å². The third-order valence-electron chi connectivity index (χ3n) is 9.25. The normalized spacial score (nSPS) is 30.7. The number of ether oxygens (including phenoxy) is 1. The van der Waals surface area contributed by atoms with Gasteiger partial charge >= 0.3 is 0 Å². The molecule has 3 aromatic rings. The van der Waals surface area contributed by atoms with Gasteiger partial charge in [0.25, 0.3) is 5.91 Å². The first-order chi connectivity index (χ1) is 18.5. The molecule has 38 heavy (non-hydrogen) atoms. The van der Waals surface area contributed by atoms with Crippen LogP contribution in [0.5, 0.6) is 5.75 Å². The Hall–Kier alpha value is -3.30. The summed E-state index contributed by atoms with van der Waals surface area (Å²) < 4.78 is 24.1. The van der Waals surface area contributed by atoms with Gasteiger partial charge in [0.2, 0.25) is 5.43 Å². The van der Waals surface area contributed by atoms with Crippen molar-refractivity contribution in [3.8, 4) is 5.75 Å². The number of amides is 1. The molecule has 2 bridgehead atoms. The molecule has 7 nitrogen and oxygen atoms in total. The number of halogens is 1. The van der Waals surface area contributed by atoms with E-state index < -0.39 is 23.4 Å². The number of thioether (sulfide) groups is 1. The number of rotatable bonds is 1. The van der Waals surface area contributed by atoms with Crippen LogP contribution < -0.4 is 10.4 Å². The molecule has 0 radical (unpaired) electrons. The highest BCUT2D eigenvalue weighted by Gasteiger charge is 2.63. The maximum atomic E-state index is 15.9.